The molecule has 1 aliphatic rings. The number of nitrogens with zero attached hydrogens (tertiary/aromatic N) is 2. The van der Waals surface area contributed by atoms with Gasteiger partial charge in [-0.3, -0.25) is 19.2 Å². The molecular weight excluding hydrogens is 384 g/mol. The second-order valence-electron chi connectivity index (χ2n) is 7.78. The Morgan fingerprint density at radius 2 is 2.03 bits per heavy atom. The van der Waals surface area contributed by atoms with Crippen molar-refractivity contribution in [3.8, 4) is 0 Å². The normalized spacial score (nSPS) is 17.2. The number of rotatable bonds is 9. The van der Waals surface area contributed by atoms with Gasteiger partial charge in [-0.1, -0.05) is 13.0 Å². The fraction of sp³-hybridized carbons (Fsp3) is 0.545. The summed E-state index contributed by atoms with van der Waals surface area (Å²) in [5, 5.41) is 12.3. The molecule has 1 aromatic heterocycles. The van der Waals surface area contributed by atoms with E-state index in [4.69, 9.17) is 4.74 Å². The average molecular weight is 417 g/mol. The molecule has 0 spiro atoms. The third-order valence-corrected chi connectivity index (χ3v) is 5.56. The van der Waals surface area contributed by atoms with Gasteiger partial charge in [-0.05, 0) is 56.0 Å². The van der Waals surface area contributed by atoms with Crippen molar-refractivity contribution in [3.05, 3.63) is 56.2 Å². The highest BCUT2D eigenvalue weighted by Crippen LogP contribution is 2.18. The summed E-state index contributed by atoms with van der Waals surface area (Å²) in [6.45, 7) is 7.62. The highest BCUT2D eigenvalue weighted by atomic mass is 16.5. The van der Waals surface area contributed by atoms with E-state index in [2.05, 4.69) is 29.0 Å². The molecule has 3 rings (SSSR count). The van der Waals surface area contributed by atoms with Gasteiger partial charge in [0.25, 0.3) is 5.56 Å². The first-order valence-corrected chi connectivity index (χ1v) is 10.7. The maximum Gasteiger partial charge on any atom is 0.329 e. The molecule has 2 heterocycles. The summed E-state index contributed by atoms with van der Waals surface area (Å²) in [6.07, 6.45) is 2.40. The number of nitrogens with one attached hydrogen (secondary N) is 2. The molecule has 30 heavy (non-hydrogen) atoms. The molecule has 8 nitrogen and oxygen atoms in total. The van der Waals surface area contributed by atoms with E-state index in [0.29, 0.717) is 19.0 Å². The van der Waals surface area contributed by atoms with E-state index in [1.165, 1.54) is 21.8 Å². The van der Waals surface area contributed by atoms with Gasteiger partial charge in [0.2, 0.25) is 0 Å². The molecule has 1 atom stereocenters. The van der Waals surface area contributed by atoms with Gasteiger partial charge in [-0.2, -0.15) is 0 Å². The van der Waals surface area contributed by atoms with E-state index in [1.807, 2.05) is 18.2 Å². The van der Waals surface area contributed by atoms with Crippen LogP contribution in [0.15, 0.2) is 33.9 Å². The van der Waals surface area contributed by atoms with Gasteiger partial charge < -0.3 is 15.2 Å². The first-order chi connectivity index (χ1) is 14.5. The fourth-order valence-electron chi connectivity index (χ4n) is 3.78. The van der Waals surface area contributed by atoms with Gasteiger partial charge in [0.05, 0.1) is 19.3 Å². The molecule has 8 heteroatoms. The fourth-order valence-corrected chi connectivity index (χ4v) is 3.78. The minimum Gasteiger partial charge on any atom is -0.394 e. The van der Waals surface area contributed by atoms with E-state index in [9.17, 15) is 14.7 Å². The number of hydrogen-bond acceptors (Lipinski definition) is 6. The number of unbranched alkanes of at least 4 members (excludes halogenated alkanes) is 1. The van der Waals surface area contributed by atoms with Crippen molar-refractivity contribution in [2.24, 2.45) is 0 Å². The number of aliphatic hydroxyl groups is 1. The van der Waals surface area contributed by atoms with Crippen molar-refractivity contribution in [2.45, 2.75) is 45.8 Å². The lowest BCUT2D eigenvalue weighted by atomic mass is 10.1. The van der Waals surface area contributed by atoms with Crippen LogP contribution in [0.3, 0.4) is 0 Å². The smallest absolute Gasteiger partial charge is 0.329 e. The number of aromatic amines is 1. The number of aryl methyl sites for hydroxylation is 2. The molecule has 1 aliphatic heterocycles. The Kier molecular flexibility index (Phi) is 7.84. The largest absolute Gasteiger partial charge is 0.394 e. The number of anilines is 2. The minimum absolute atomic E-state index is 0.0317. The van der Waals surface area contributed by atoms with Crippen molar-refractivity contribution < 1.29 is 9.84 Å². The number of aliphatic hydroxyl groups excluding tert-OH is 1. The highest BCUT2D eigenvalue weighted by molar-refractivity contribution is 5.57. The molecule has 0 aliphatic carbocycles. The average Bonchev–Trinajstić information content (AvgIpc) is 2.74. The van der Waals surface area contributed by atoms with E-state index in [0.717, 1.165) is 44.6 Å². The Hall–Kier alpha value is -2.42. The number of morpholine rings is 1. The monoisotopic (exact) mass is 416 g/mol. The highest BCUT2D eigenvalue weighted by Gasteiger charge is 2.19. The molecule has 0 saturated carbocycles. The van der Waals surface area contributed by atoms with Crippen molar-refractivity contribution in [2.75, 3.05) is 38.2 Å². The SMILES string of the molecule is CCc1cc(Nc2cc(=O)n(CCCCN3CCOC(CO)C3)c(=O)[nH]2)ccc1C. The van der Waals surface area contributed by atoms with Crippen LogP contribution in [-0.4, -0.2) is 58.5 Å². The molecule has 0 bridgehead atoms. The Balaban J connectivity index is 1.56. The molecular formula is C22H32N4O4. The van der Waals surface area contributed by atoms with E-state index in [1.54, 1.807) is 0 Å². The Morgan fingerprint density at radius 1 is 1.23 bits per heavy atom. The molecule has 1 saturated heterocycles. The molecule has 2 aromatic rings. The first kappa shape index (κ1) is 22.3. The lowest BCUT2D eigenvalue weighted by molar-refractivity contribution is -0.0529. The van der Waals surface area contributed by atoms with E-state index in [-0.39, 0.29) is 18.3 Å². The summed E-state index contributed by atoms with van der Waals surface area (Å²) < 4.78 is 6.69. The van der Waals surface area contributed by atoms with E-state index >= 15 is 0 Å². The summed E-state index contributed by atoms with van der Waals surface area (Å²) in [4.78, 5) is 29.9. The summed E-state index contributed by atoms with van der Waals surface area (Å²) in [5.41, 5.74) is 2.57. The van der Waals surface area contributed by atoms with Gasteiger partial charge >= 0.3 is 5.69 Å². The van der Waals surface area contributed by atoms with Gasteiger partial charge in [-0.25, -0.2) is 4.79 Å². The molecule has 1 aromatic carbocycles. The van der Waals surface area contributed by atoms with Gasteiger partial charge in [0.15, 0.2) is 0 Å². The zero-order chi connectivity index (χ0) is 21.5. The summed E-state index contributed by atoms with van der Waals surface area (Å²) in [6, 6.07) is 7.43. The van der Waals surface area contributed by atoms with Crippen LogP contribution in [0.5, 0.6) is 0 Å². The van der Waals surface area contributed by atoms with E-state index < -0.39 is 5.69 Å². The molecule has 1 fully saturated rings. The van der Waals surface area contributed by atoms with Crippen molar-refractivity contribution in [1.82, 2.24) is 14.5 Å². The Bertz CT molecular complexity index is 922. The number of aromatic nitrogens is 2. The lowest BCUT2D eigenvalue weighted by Gasteiger charge is -2.31. The Morgan fingerprint density at radius 3 is 2.77 bits per heavy atom. The van der Waals surface area contributed by atoms with Crippen LogP contribution in [0, 0.1) is 6.92 Å². The molecule has 1 unspecified atom stereocenters. The zero-order valence-electron chi connectivity index (χ0n) is 17.8. The Labute approximate surface area is 176 Å². The van der Waals surface area contributed by atoms with Crippen molar-refractivity contribution in [3.63, 3.8) is 0 Å². The predicted octanol–water partition coefficient (Wildman–Crippen LogP) is 1.62. The molecule has 164 valence electrons. The van der Waals surface area contributed by atoms with Crippen LogP contribution in [-0.2, 0) is 17.7 Å². The molecule has 3 N–H and O–H groups in total. The third kappa shape index (κ3) is 5.81. The quantitative estimate of drug-likeness (QED) is 0.537. The number of benzene rings is 1. The first-order valence-electron chi connectivity index (χ1n) is 10.7. The maximum absolute atomic E-state index is 12.5. The van der Waals surface area contributed by atoms with Crippen molar-refractivity contribution >= 4 is 11.5 Å². The van der Waals surface area contributed by atoms with Crippen LogP contribution < -0.4 is 16.6 Å². The van der Waals surface area contributed by atoms with Crippen LogP contribution in [0.1, 0.15) is 30.9 Å². The topological polar surface area (TPSA) is 99.6 Å². The number of H-pyrrole nitrogens is 1. The third-order valence-electron chi connectivity index (χ3n) is 5.56. The second kappa shape index (κ2) is 10.6. The summed E-state index contributed by atoms with van der Waals surface area (Å²) in [7, 11) is 0. The zero-order valence-corrected chi connectivity index (χ0v) is 17.8. The molecule has 0 amide bonds. The number of ether oxygens (including phenoxy) is 1. The van der Waals surface area contributed by atoms with Gasteiger partial charge in [-0.15, -0.1) is 0 Å². The predicted molar refractivity (Wildman–Crippen MR) is 118 cm³/mol. The van der Waals surface area contributed by atoms with Crippen LogP contribution in [0.25, 0.3) is 0 Å². The maximum atomic E-state index is 12.5. The standard InChI is InChI=1S/C22H32N4O4/c1-3-17-12-18(7-6-16(17)2)23-20-13-21(28)26(22(29)24-20)9-5-4-8-25-10-11-30-19(14-25)15-27/h6-7,12-13,19,23,27H,3-5,8-11,14-15H2,1-2H3,(H,24,29). The summed E-state index contributed by atoms with van der Waals surface area (Å²) >= 11 is 0. The molecule has 0 radical (unpaired) electrons. The van der Waals surface area contributed by atoms with Gasteiger partial charge in [0, 0.05) is 31.4 Å². The minimum atomic E-state index is -0.403. The summed E-state index contributed by atoms with van der Waals surface area (Å²) in [5.74, 6) is 0.399. The van der Waals surface area contributed by atoms with Crippen LogP contribution in [0.2, 0.25) is 0 Å². The second-order valence-corrected chi connectivity index (χ2v) is 7.78. The van der Waals surface area contributed by atoms with Crippen molar-refractivity contribution in [1.29, 1.82) is 0 Å². The van der Waals surface area contributed by atoms with Crippen LogP contribution in [0.4, 0.5) is 11.5 Å². The van der Waals surface area contributed by atoms with Gasteiger partial charge in [0.1, 0.15) is 5.82 Å². The van der Waals surface area contributed by atoms with Crippen LogP contribution >= 0.6 is 0 Å². The number of hydrogen-bond donors (Lipinski definition) is 3. The lowest BCUT2D eigenvalue weighted by Crippen LogP contribution is -2.44.